The number of carbonyl (C=O) groups is 1. The van der Waals surface area contributed by atoms with Gasteiger partial charge in [-0.2, -0.15) is 0 Å². The number of ether oxygens (including phenoxy) is 1. The molecule has 0 amide bonds. The van der Waals surface area contributed by atoms with E-state index >= 15 is 0 Å². The number of rotatable bonds is 7. The Kier molecular flexibility index (Phi) is 8.76. The molecule has 0 radical (unpaired) electrons. The van der Waals surface area contributed by atoms with Crippen molar-refractivity contribution < 1.29 is 9.53 Å². The van der Waals surface area contributed by atoms with Crippen molar-refractivity contribution in [2.24, 2.45) is 5.92 Å². The first-order chi connectivity index (χ1) is 13.2. The van der Waals surface area contributed by atoms with Crippen LogP contribution in [-0.4, -0.2) is 5.97 Å². The fourth-order valence-electron chi connectivity index (χ4n) is 4.26. The van der Waals surface area contributed by atoms with Gasteiger partial charge >= 0.3 is 5.97 Å². The van der Waals surface area contributed by atoms with Crippen LogP contribution in [0.3, 0.4) is 0 Å². The summed E-state index contributed by atoms with van der Waals surface area (Å²) in [5.41, 5.74) is 3.26. The van der Waals surface area contributed by atoms with Crippen LogP contribution in [0.2, 0.25) is 0 Å². The predicted octanol–water partition coefficient (Wildman–Crippen LogP) is 7.57. The summed E-state index contributed by atoms with van der Waals surface area (Å²) >= 11 is 0. The number of hydrogen-bond acceptors (Lipinski definition) is 2. The zero-order valence-corrected chi connectivity index (χ0v) is 16.7. The zero-order chi connectivity index (χ0) is 19.1. The molecule has 0 aliphatic heterocycles. The molecule has 2 nitrogen and oxygen atoms in total. The van der Waals surface area contributed by atoms with Gasteiger partial charge in [-0.25, -0.2) is 4.79 Å². The Morgan fingerprint density at radius 1 is 0.893 bits per heavy atom. The molecule has 2 heteroatoms. The SMILES string of the molecule is C.CCCc1ccc(OC(=O)c2ccc(C3CCC(CCC)CC3)cc2)cc1. The Morgan fingerprint density at radius 3 is 2.11 bits per heavy atom. The maximum absolute atomic E-state index is 12.4. The fourth-order valence-corrected chi connectivity index (χ4v) is 4.26. The molecule has 152 valence electrons. The standard InChI is InChI=1S/C25H32O2.CH4/c1-3-5-19-7-11-21(12-8-19)22-13-15-23(16-14-22)25(26)27-24-17-9-20(6-4-2)10-18-24;/h9-10,13-19,21H,3-8,11-12H2,1-2H3;1H4. The van der Waals surface area contributed by atoms with Crippen molar-refractivity contribution in [3.05, 3.63) is 65.2 Å². The highest BCUT2D eigenvalue weighted by Gasteiger charge is 2.22. The van der Waals surface area contributed by atoms with Crippen molar-refractivity contribution in [3.63, 3.8) is 0 Å². The predicted molar refractivity (Wildman–Crippen MR) is 118 cm³/mol. The number of benzene rings is 2. The van der Waals surface area contributed by atoms with Crippen LogP contribution in [0.4, 0.5) is 0 Å². The topological polar surface area (TPSA) is 26.3 Å². The van der Waals surface area contributed by atoms with Crippen molar-refractivity contribution in [2.45, 2.75) is 78.6 Å². The average Bonchev–Trinajstić information content (AvgIpc) is 2.71. The molecule has 2 aromatic rings. The summed E-state index contributed by atoms with van der Waals surface area (Å²) in [6, 6.07) is 15.9. The number of hydrogen-bond donors (Lipinski definition) is 0. The Hall–Kier alpha value is -2.09. The number of carbonyl (C=O) groups excluding carboxylic acids is 1. The molecule has 1 saturated carbocycles. The number of esters is 1. The van der Waals surface area contributed by atoms with E-state index in [-0.39, 0.29) is 13.4 Å². The van der Waals surface area contributed by atoms with Crippen LogP contribution in [0.1, 0.15) is 93.6 Å². The number of aryl methyl sites for hydroxylation is 1. The van der Waals surface area contributed by atoms with Crippen molar-refractivity contribution in [1.82, 2.24) is 0 Å². The van der Waals surface area contributed by atoms with E-state index in [2.05, 4.69) is 26.0 Å². The van der Waals surface area contributed by atoms with E-state index in [1.54, 1.807) is 0 Å². The summed E-state index contributed by atoms with van der Waals surface area (Å²) in [5, 5.41) is 0. The highest BCUT2D eigenvalue weighted by molar-refractivity contribution is 5.91. The molecular weight excluding hydrogens is 344 g/mol. The third kappa shape index (κ3) is 5.95. The second kappa shape index (κ2) is 11.0. The molecule has 28 heavy (non-hydrogen) atoms. The molecule has 0 bridgehead atoms. The summed E-state index contributed by atoms with van der Waals surface area (Å²) in [5.74, 6) is 1.90. The van der Waals surface area contributed by atoms with E-state index in [1.807, 2.05) is 36.4 Å². The minimum absolute atomic E-state index is 0. The molecule has 0 aromatic heterocycles. The third-order valence-electron chi connectivity index (χ3n) is 5.83. The van der Waals surface area contributed by atoms with Gasteiger partial charge in [-0.3, -0.25) is 0 Å². The van der Waals surface area contributed by atoms with Crippen LogP contribution in [0.5, 0.6) is 5.75 Å². The van der Waals surface area contributed by atoms with Crippen LogP contribution in [0, 0.1) is 5.92 Å². The van der Waals surface area contributed by atoms with E-state index < -0.39 is 0 Å². The lowest BCUT2D eigenvalue weighted by Gasteiger charge is -2.28. The highest BCUT2D eigenvalue weighted by atomic mass is 16.5. The smallest absolute Gasteiger partial charge is 0.343 e. The van der Waals surface area contributed by atoms with Gasteiger partial charge in [0, 0.05) is 0 Å². The van der Waals surface area contributed by atoms with Crippen LogP contribution in [0.25, 0.3) is 0 Å². The molecular formula is C26H36O2. The Morgan fingerprint density at radius 2 is 1.54 bits per heavy atom. The van der Waals surface area contributed by atoms with Gasteiger partial charge in [-0.05, 0) is 79.3 Å². The van der Waals surface area contributed by atoms with E-state index in [0.29, 0.717) is 17.2 Å². The van der Waals surface area contributed by atoms with Gasteiger partial charge in [0.1, 0.15) is 5.75 Å². The molecule has 0 unspecified atom stereocenters. The van der Waals surface area contributed by atoms with Gasteiger partial charge in [0.15, 0.2) is 0 Å². The van der Waals surface area contributed by atoms with E-state index in [4.69, 9.17) is 4.74 Å². The van der Waals surface area contributed by atoms with Crippen LogP contribution in [-0.2, 0) is 6.42 Å². The van der Waals surface area contributed by atoms with E-state index in [0.717, 1.165) is 18.8 Å². The van der Waals surface area contributed by atoms with Crippen LogP contribution < -0.4 is 4.74 Å². The fraction of sp³-hybridized carbons (Fsp3) is 0.500. The average molecular weight is 381 g/mol. The molecule has 0 spiro atoms. The molecule has 0 atom stereocenters. The zero-order valence-electron chi connectivity index (χ0n) is 16.7. The van der Waals surface area contributed by atoms with Crippen LogP contribution in [0.15, 0.2) is 48.5 Å². The van der Waals surface area contributed by atoms with Crippen molar-refractivity contribution in [3.8, 4) is 5.75 Å². The summed E-state index contributed by atoms with van der Waals surface area (Å²) in [6.45, 7) is 4.44. The van der Waals surface area contributed by atoms with Crippen molar-refractivity contribution in [1.29, 1.82) is 0 Å². The first-order valence-electron chi connectivity index (χ1n) is 10.6. The van der Waals surface area contributed by atoms with Crippen molar-refractivity contribution >= 4 is 5.97 Å². The summed E-state index contributed by atoms with van der Waals surface area (Å²) < 4.78 is 5.52. The molecule has 0 heterocycles. The maximum Gasteiger partial charge on any atom is 0.343 e. The lowest BCUT2D eigenvalue weighted by atomic mass is 9.77. The highest BCUT2D eigenvalue weighted by Crippen LogP contribution is 2.37. The molecule has 0 N–H and O–H groups in total. The van der Waals surface area contributed by atoms with Gasteiger partial charge in [0.2, 0.25) is 0 Å². The molecule has 1 aliphatic rings. The molecule has 1 aliphatic carbocycles. The van der Waals surface area contributed by atoms with Gasteiger partial charge < -0.3 is 4.74 Å². The minimum Gasteiger partial charge on any atom is -0.423 e. The van der Waals surface area contributed by atoms with Crippen molar-refractivity contribution in [2.75, 3.05) is 0 Å². The van der Waals surface area contributed by atoms with Gasteiger partial charge in [-0.1, -0.05) is 64.8 Å². The monoisotopic (exact) mass is 380 g/mol. The van der Waals surface area contributed by atoms with E-state index in [1.165, 1.54) is 49.7 Å². The van der Waals surface area contributed by atoms with Gasteiger partial charge in [0.05, 0.1) is 5.56 Å². The third-order valence-corrected chi connectivity index (χ3v) is 5.83. The maximum atomic E-state index is 12.4. The molecule has 1 fully saturated rings. The first-order valence-corrected chi connectivity index (χ1v) is 10.6. The second-order valence-electron chi connectivity index (χ2n) is 7.91. The molecule has 2 aromatic carbocycles. The lowest BCUT2D eigenvalue weighted by Crippen LogP contribution is -2.13. The Bertz CT molecular complexity index is 707. The first kappa shape index (κ1) is 22.2. The molecule has 0 saturated heterocycles. The summed E-state index contributed by atoms with van der Waals surface area (Å²) in [7, 11) is 0. The van der Waals surface area contributed by atoms with Crippen LogP contribution >= 0.6 is 0 Å². The minimum atomic E-state index is -0.281. The van der Waals surface area contributed by atoms with Gasteiger partial charge in [0.25, 0.3) is 0 Å². The molecule has 3 rings (SSSR count). The lowest BCUT2D eigenvalue weighted by molar-refractivity contribution is 0.0734. The second-order valence-corrected chi connectivity index (χ2v) is 7.91. The Labute approximate surface area is 171 Å². The Balaban J connectivity index is 0.00000280. The largest absolute Gasteiger partial charge is 0.423 e. The van der Waals surface area contributed by atoms with Gasteiger partial charge in [-0.15, -0.1) is 0 Å². The normalized spacial score (nSPS) is 18.9. The van der Waals surface area contributed by atoms with E-state index in [9.17, 15) is 4.79 Å². The summed E-state index contributed by atoms with van der Waals surface area (Å²) in [4.78, 5) is 12.4. The summed E-state index contributed by atoms with van der Waals surface area (Å²) in [6.07, 6.45) is 10.1. The quantitative estimate of drug-likeness (QED) is 0.366.